The maximum Gasteiger partial charge on any atom is 0.283 e. The molecule has 2 N–H and O–H groups in total. The molecule has 1 unspecified atom stereocenters. The normalized spacial score (nSPS) is 19.7. The van der Waals surface area contributed by atoms with E-state index in [0.717, 1.165) is 31.3 Å². The summed E-state index contributed by atoms with van der Waals surface area (Å²) in [4.78, 5) is 23.9. The highest BCUT2D eigenvalue weighted by molar-refractivity contribution is 5.91. The number of para-hydroxylation sites is 2. The van der Waals surface area contributed by atoms with Gasteiger partial charge in [0.15, 0.2) is 11.5 Å². The van der Waals surface area contributed by atoms with Crippen molar-refractivity contribution in [3.8, 4) is 11.5 Å². The van der Waals surface area contributed by atoms with E-state index in [1.807, 2.05) is 6.07 Å². The lowest BCUT2D eigenvalue weighted by Gasteiger charge is -2.25. The number of nitrogens with one attached hydrogen (secondary N) is 2. The second-order valence-electron chi connectivity index (χ2n) is 5.71. The summed E-state index contributed by atoms with van der Waals surface area (Å²) in [6, 6.07) is 7.16. The average molecular weight is 316 g/mol. The molecule has 1 aliphatic carbocycles. The number of allylic oxidation sites excluding steroid dienone is 1. The number of hydrogen-bond donors (Lipinski definition) is 2. The zero-order valence-corrected chi connectivity index (χ0v) is 12.8. The summed E-state index contributed by atoms with van der Waals surface area (Å²) in [6.07, 6.45) is 6.17. The van der Waals surface area contributed by atoms with E-state index in [-0.39, 0.29) is 12.5 Å². The van der Waals surface area contributed by atoms with Gasteiger partial charge in [-0.3, -0.25) is 20.4 Å². The van der Waals surface area contributed by atoms with Crippen molar-refractivity contribution >= 4 is 11.8 Å². The highest BCUT2D eigenvalue weighted by Crippen LogP contribution is 2.30. The van der Waals surface area contributed by atoms with Gasteiger partial charge in [0.1, 0.15) is 6.61 Å². The first-order chi connectivity index (χ1) is 11.2. The van der Waals surface area contributed by atoms with Gasteiger partial charge in [0, 0.05) is 6.08 Å². The fourth-order valence-electron chi connectivity index (χ4n) is 2.72. The minimum Gasteiger partial charge on any atom is -0.485 e. The summed E-state index contributed by atoms with van der Waals surface area (Å²) < 4.78 is 11.0. The Morgan fingerprint density at radius 1 is 1.04 bits per heavy atom. The van der Waals surface area contributed by atoms with Crippen molar-refractivity contribution in [2.45, 2.75) is 38.2 Å². The first-order valence-corrected chi connectivity index (χ1v) is 7.90. The number of carbonyl (C=O) groups excluding carboxylic acids is 2. The van der Waals surface area contributed by atoms with E-state index in [1.54, 1.807) is 24.3 Å². The quantitative estimate of drug-likeness (QED) is 0.645. The molecule has 1 aliphatic heterocycles. The molecule has 122 valence electrons. The van der Waals surface area contributed by atoms with E-state index in [2.05, 4.69) is 10.9 Å². The third-order valence-corrected chi connectivity index (χ3v) is 3.94. The van der Waals surface area contributed by atoms with Gasteiger partial charge in [-0.25, -0.2) is 0 Å². The minimum atomic E-state index is -0.785. The van der Waals surface area contributed by atoms with E-state index in [1.165, 1.54) is 6.42 Å². The van der Waals surface area contributed by atoms with E-state index >= 15 is 0 Å². The molecule has 1 aromatic rings. The van der Waals surface area contributed by atoms with E-state index in [9.17, 15) is 9.59 Å². The number of ether oxygens (including phenoxy) is 2. The fourth-order valence-corrected chi connectivity index (χ4v) is 2.72. The third-order valence-electron chi connectivity index (χ3n) is 3.94. The van der Waals surface area contributed by atoms with Crippen LogP contribution < -0.4 is 20.3 Å². The molecule has 23 heavy (non-hydrogen) atoms. The summed E-state index contributed by atoms with van der Waals surface area (Å²) in [5.74, 6) is 0.388. The van der Waals surface area contributed by atoms with Crippen molar-refractivity contribution in [2.24, 2.45) is 0 Å². The lowest BCUT2D eigenvalue weighted by molar-refractivity contribution is -0.134. The summed E-state index contributed by atoms with van der Waals surface area (Å²) in [5, 5.41) is 0. The van der Waals surface area contributed by atoms with Crippen molar-refractivity contribution in [1.29, 1.82) is 0 Å². The second-order valence-corrected chi connectivity index (χ2v) is 5.71. The Balaban J connectivity index is 1.49. The number of carbonyl (C=O) groups is 2. The predicted molar refractivity (Wildman–Crippen MR) is 83.8 cm³/mol. The topological polar surface area (TPSA) is 76.7 Å². The zero-order chi connectivity index (χ0) is 16.1. The van der Waals surface area contributed by atoms with Gasteiger partial charge >= 0.3 is 0 Å². The van der Waals surface area contributed by atoms with Crippen molar-refractivity contribution in [1.82, 2.24) is 10.9 Å². The van der Waals surface area contributed by atoms with Crippen LogP contribution in [0, 0.1) is 0 Å². The van der Waals surface area contributed by atoms with Crippen LogP contribution in [0.3, 0.4) is 0 Å². The maximum atomic E-state index is 12.1. The second kappa shape index (κ2) is 7.17. The van der Waals surface area contributed by atoms with E-state index in [0.29, 0.717) is 11.5 Å². The molecule has 1 heterocycles. The van der Waals surface area contributed by atoms with E-state index < -0.39 is 12.0 Å². The number of benzene rings is 1. The average Bonchev–Trinajstić information content (AvgIpc) is 2.60. The molecule has 2 aliphatic rings. The van der Waals surface area contributed by atoms with Crippen LogP contribution in [0.15, 0.2) is 35.9 Å². The molecule has 6 heteroatoms. The molecule has 6 nitrogen and oxygen atoms in total. The number of fused-ring (bicyclic) bond motifs is 1. The molecule has 0 aromatic heterocycles. The van der Waals surface area contributed by atoms with Gasteiger partial charge in [0.2, 0.25) is 6.10 Å². The lowest BCUT2D eigenvalue weighted by Crippen LogP contribution is -2.50. The van der Waals surface area contributed by atoms with Gasteiger partial charge in [-0.05, 0) is 37.8 Å². The Kier molecular flexibility index (Phi) is 4.80. The van der Waals surface area contributed by atoms with Crippen LogP contribution in [0.1, 0.15) is 32.1 Å². The van der Waals surface area contributed by atoms with Crippen molar-refractivity contribution < 1.29 is 19.1 Å². The maximum absolute atomic E-state index is 12.1. The SMILES string of the molecule is O=C(C=C1CCCCC1)NNC(=O)C1COc2ccccc2O1. The largest absolute Gasteiger partial charge is 0.485 e. The van der Waals surface area contributed by atoms with Crippen LogP contribution in [0.4, 0.5) is 0 Å². The first kappa shape index (κ1) is 15.4. The molecule has 1 aromatic carbocycles. The Morgan fingerprint density at radius 3 is 2.57 bits per heavy atom. The Morgan fingerprint density at radius 2 is 1.78 bits per heavy atom. The van der Waals surface area contributed by atoms with Crippen molar-refractivity contribution in [3.63, 3.8) is 0 Å². The molecule has 3 rings (SSSR count). The first-order valence-electron chi connectivity index (χ1n) is 7.90. The van der Waals surface area contributed by atoms with Crippen LogP contribution in [0.2, 0.25) is 0 Å². The van der Waals surface area contributed by atoms with Crippen LogP contribution in [0.25, 0.3) is 0 Å². The molecular formula is C17H20N2O4. The Hall–Kier alpha value is -2.50. The van der Waals surface area contributed by atoms with Gasteiger partial charge in [-0.15, -0.1) is 0 Å². The van der Waals surface area contributed by atoms with Crippen molar-refractivity contribution in [3.05, 3.63) is 35.9 Å². The summed E-state index contributed by atoms with van der Waals surface area (Å²) in [7, 11) is 0. The van der Waals surface area contributed by atoms with Gasteiger partial charge in [-0.2, -0.15) is 0 Å². The lowest BCUT2D eigenvalue weighted by atomic mass is 9.95. The molecule has 1 atom stereocenters. The highest BCUT2D eigenvalue weighted by atomic mass is 16.6. The van der Waals surface area contributed by atoms with Crippen LogP contribution in [-0.4, -0.2) is 24.5 Å². The van der Waals surface area contributed by atoms with Crippen LogP contribution >= 0.6 is 0 Å². The van der Waals surface area contributed by atoms with Gasteiger partial charge in [0.05, 0.1) is 0 Å². The zero-order valence-electron chi connectivity index (χ0n) is 12.8. The van der Waals surface area contributed by atoms with Gasteiger partial charge in [0.25, 0.3) is 11.8 Å². The third kappa shape index (κ3) is 4.03. The Bertz CT molecular complexity index is 619. The molecule has 0 radical (unpaired) electrons. The molecule has 2 amide bonds. The van der Waals surface area contributed by atoms with Crippen LogP contribution in [0.5, 0.6) is 11.5 Å². The monoisotopic (exact) mass is 316 g/mol. The summed E-state index contributed by atoms with van der Waals surface area (Å²) >= 11 is 0. The number of hydrazine groups is 1. The van der Waals surface area contributed by atoms with Gasteiger partial charge in [-0.1, -0.05) is 24.1 Å². The Labute approximate surface area is 134 Å². The summed E-state index contributed by atoms with van der Waals surface area (Å²) in [5.41, 5.74) is 5.92. The minimum absolute atomic E-state index is 0.111. The summed E-state index contributed by atoms with van der Waals surface area (Å²) in [6.45, 7) is 0.111. The molecule has 1 saturated carbocycles. The number of rotatable bonds is 2. The predicted octanol–water partition coefficient (Wildman–Crippen LogP) is 1.86. The number of amides is 2. The van der Waals surface area contributed by atoms with Crippen molar-refractivity contribution in [2.75, 3.05) is 6.61 Å². The molecule has 0 saturated heterocycles. The standard InChI is InChI=1S/C17H20N2O4/c20-16(10-12-6-2-1-3-7-12)18-19-17(21)15-11-22-13-8-4-5-9-14(13)23-15/h4-5,8-10,15H,1-3,6-7,11H2,(H,18,20)(H,19,21). The highest BCUT2D eigenvalue weighted by Gasteiger charge is 2.27. The fraction of sp³-hybridized carbons (Fsp3) is 0.412. The molecule has 1 fully saturated rings. The van der Waals surface area contributed by atoms with Gasteiger partial charge < -0.3 is 9.47 Å². The van der Waals surface area contributed by atoms with E-state index in [4.69, 9.17) is 9.47 Å². The molecule has 0 spiro atoms. The number of hydrogen-bond acceptors (Lipinski definition) is 4. The molecular weight excluding hydrogens is 296 g/mol. The molecule has 0 bridgehead atoms. The smallest absolute Gasteiger partial charge is 0.283 e. The van der Waals surface area contributed by atoms with Crippen LogP contribution in [-0.2, 0) is 9.59 Å².